The zero-order valence-electron chi connectivity index (χ0n) is 15.7. The van der Waals surface area contributed by atoms with Gasteiger partial charge in [0.15, 0.2) is 6.61 Å². The predicted molar refractivity (Wildman–Crippen MR) is 107 cm³/mol. The number of carbonyl (C=O) groups is 2. The van der Waals surface area contributed by atoms with Crippen LogP contribution in [0.5, 0.6) is 0 Å². The van der Waals surface area contributed by atoms with Crippen LogP contribution in [-0.4, -0.2) is 39.5 Å². The zero-order chi connectivity index (χ0) is 20.9. The summed E-state index contributed by atoms with van der Waals surface area (Å²) in [6.07, 6.45) is 3.07. The van der Waals surface area contributed by atoms with Gasteiger partial charge in [-0.2, -0.15) is 4.72 Å². The summed E-state index contributed by atoms with van der Waals surface area (Å²) in [7, 11) is -4.11. The third-order valence-electron chi connectivity index (χ3n) is 5.01. The molecule has 1 aliphatic rings. The van der Waals surface area contributed by atoms with Crippen molar-refractivity contribution in [1.29, 1.82) is 0 Å². The van der Waals surface area contributed by atoms with Crippen LogP contribution in [0.25, 0.3) is 0 Å². The Kier molecular flexibility index (Phi) is 8.12. The summed E-state index contributed by atoms with van der Waals surface area (Å²) in [5.41, 5.74) is 0. The molecule has 1 aromatic rings. The van der Waals surface area contributed by atoms with Crippen LogP contribution < -0.4 is 10.0 Å². The lowest BCUT2D eigenvalue weighted by Crippen LogP contribution is -2.45. The van der Waals surface area contributed by atoms with Crippen LogP contribution >= 0.6 is 23.2 Å². The van der Waals surface area contributed by atoms with Crippen LogP contribution in [0.2, 0.25) is 10.0 Å². The summed E-state index contributed by atoms with van der Waals surface area (Å²) in [6.45, 7) is 3.13. The lowest BCUT2D eigenvalue weighted by molar-refractivity contribution is -0.147. The van der Waals surface area contributed by atoms with E-state index in [0.717, 1.165) is 19.3 Å². The Morgan fingerprint density at radius 1 is 1.18 bits per heavy atom. The van der Waals surface area contributed by atoms with Crippen molar-refractivity contribution in [3.63, 3.8) is 0 Å². The molecule has 2 rings (SSSR count). The van der Waals surface area contributed by atoms with E-state index in [9.17, 15) is 18.0 Å². The summed E-state index contributed by atoms with van der Waals surface area (Å²) in [6, 6.07) is 4.30. The fraction of sp³-hybridized carbons (Fsp3) is 0.556. The molecule has 28 heavy (non-hydrogen) atoms. The Hall–Kier alpha value is -1.35. The Balaban J connectivity index is 1.82. The summed E-state index contributed by atoms with van der Waals surface area (Å²) in [4.78, 5) is 23.5. The maximum Gasteiger partial charge on any atom is 0.321 e. The van der Waals surface area contributed by atoms with Crippen LogP contribution in [0.3, 0.4) is 0 Å². The first-order valence-corrected chi connectivity index (χ1v) is 11.2. The number of carbonyl (C=O) groups excluding carboxylic acids is 2. The molecule has 7 nitrogen and oxygen atoms in total. The predicted octanol–water partition coefficient (Wildman–Crippen LogP) is 2.76. The van der Waals surface area contributed by atoms with Gasteiger partial charge in [0.05, 0.1) is 10.0 Å². The number of rotatable bonds is 7. The van der Waals surface area contributed by atoms with Gasteiger partial charge in [0.2, 0.25) is 10.0 Å². The molecule has 1 fully saturated rings. The Morgan fingerprint density at radius 3 is 2.46 bits per heavy atom. The maximum absolute atomic E-state index is 12.3. The van der Waals surface area contributed by atoms with Crippen molar-refractivity contribution in [2.24, 2.45) is 11.8 Å². The molecule has 156 valence electrons. The molecule has 0 bridgehead atoms. The third kappa shape index (κ3) is 6.07. The standard InChI is InChI=1S/C18H24Cl2N2O5S/c1-11-5-3-8-15(12(11)2)22-16(23)10-27-17(24)9-21-28(25,26)18-13(19)6-4-7-14(18)20/h4,6-7,11-12,15,21H,3,5,8-10H2,1-2H3,(H,22,23)/t11-,12+,15+/m1/s1. The van der Waals surface area contributed by atoms with Gasteiger partial charge in [-0.05, 0) is 30.4 Å². The highest BCUT2D eigenvalue weighted by molar-refractivity contribution is 7.89. The lowest BCUT2D eigenvalue weighted by Gasteiger charge is -2.34. The van der Waals surface area contributed by atoms with Crippen LogP contribution in [0.4, 0.5) is 0 Å². The van der Waals surface area contributed by atoms with Gasteiger partial charge in [-0.1, -0.05) is 56.0 Å². The quantitative estimate of drug-likeness (QED) is 0.621. The average Bonchev–Trinajstić information content (AvgIpc) is 2.62. The first kappa shape index (κ1) is 22.9. The highest BCUT2D eigenvalue weighted by atomic mass is 35.5. The van der Waals surface area contributed by atoms with Gasteiger partial charge in [-0.25, -0.2) is 8.42 Å². The molecule has 0 spiro atoms. The first-order chi connectivity index (χ1) is 13.1. The number of ether oxygens (including phenoxy) is 1. The minimum Gasteiger partial charge on any atom is -0.455 e. The minimum atomic E-state index is -4.11. The van der Waals surface area contributed by atoms with E-state index in [1.165, 1.54) is 18.2 Å². The SMILES string of the molecule is C[C@H]1[C@H](C)CCC[C@@H]1NC(=O)COC(=O)CNS(=O)(=O)c1c(Cl)cccc1Cl. The number of benzene rings is 1. The molecule has 2 N–H and O–H groups in total. The lowest BCUT2D eigenvalue weighted by atomic mass is 9.78. The number of amides is 1. The van der Waals surface area contributed by atoms with Crippen molar-refractivity contribution in [2.75, 3.05) is 13.2 Å². The molecule has 10 heteroatoms. The van der Waals surface area contributed by atoms with Gasteiger partial charge in [-0.15, -0.1) is 0 Å². The van der Waals surface area contributed by atoms with Gasteiger partial charge >= 0.3 is 5.97 Å². The molecule has 0 heterocycles. The molecular weight excluding hydrogens is 427 g/mol. The van der Waals surface area contributed by atoms with Gasteiger partial charge < -0.3 is 10.1 Å². The molecular formula is C18H24Cl2N2O5S. The van der Waals surface area contributed by atoms with Crippen molar-refractivity contribution in [1.82, 2.24) is 10.0 Å². The molecule has 1 saturated carbocycles. The number of hydrogen-bond donors (Lipinski definition) is 2. The molecule has 0 saturated heterocycles. The Labute approximate surface area is 175 Å². The normalized spacial score (nSPS) is 22.5. The highest BCUT2D eigenvalue weighted by Gasteiger charge is 2.28. The van der Waals surface area contributed by atoms with Crippen molar-refractivity contribution in [3.8, 4) is 0 Å². The van der Waals surface area contributed by atoms with E-state index >= 15 is 0 Å². The van der Waals surface area contributed by atoms with E-state index in [0.29, 0.717) is 11.8 Å². The van der Waals surface area contributed by atoms with E-state index < -0.39 is 35.1 Å². The second-order valence-electron chi connectivity index (χ2n) is 6.98. The fourth-order valence-corrected chi connectivity index (χ4v) is 5.31. The molecule has 1 aromatic carbocycles. The van der Waals surface area contributed by atoms with E-state index in [1.807, 2.05) is 0 Å². The van der Waals surface area contributed by atoms with E-state index in [1.54, 1.807) is 0 Å². The Morgan fingerprint density at radius 2 is 1.82 bits per heavy atom. The third-order valence-corrected chi connectivity index (χ3v) is 7.37. The molecule has 0 aromatic heterocycles. The van der Waals surface area contributed by atoms with E-state index in [4.69, 9.17) is 27.9 Å². The summed E-state index contributed by atoms with van der Waals surface area (Å²) in [5, 5.41) is 2.75. The van der Waals surface area contributed by atoms with Crippen molar-refractivity contribution in [3.05, 3.63) is 28.2 Å². The fourth-order valence-electron chi connectivity index (χ4n) is 3.20. The van der Waals surface area contributed by atoms with Gasteiger partial charge in [0.1, 0.15) is 11.4 Å². The first-order valence-electron chi connectivity index (χ1n) is 9.00. The summed E-state index contributed by atoms with van der Waals surface area (Å²) in [5.74, 6) is -0.420. The van der Waals surface area contributed by atoms with E-state index in [-0.39, 0.29) is 21.0 Å². The van der Waals surface area contributed by atoms with Crippen molar-refractivity contribution >= 4 is 45.1 Å². The second-order valence-corrected chi connectivity index (χ2v) is 9.50. The van der Waals surface area contributed by atoms with Crippen molar-refractivity contribution < 1.29 is 22.7 Å². The summed E-state index contributed by atoms with van der Waals surface area (Å²) < 4.78 is 31.5. The monoisotopic (exact) mass is 450 g/mol. The number of esters is 1. The molecule has 0 radical (unpaired) electrons. The molecule has 1 aliphatic carbocycles. The average molecular weight is 451 g/mol. The minimum absolute atomic E-state index is 0.0517. The van der Waals surface area contributed by atoms with Crippen LogP contribution in [0.1, 0.15) is 33.1 Å². The number of halogens is 2. The maximum atomic E-state index is 12.3. The summed E-state index contributed by atoms with van der Waals surface area (Å²) >= 11 is 11.7. The van der Waals surface area contributed by atoms with Crippen molar-refractivity contribution in [2.45, 2.75) is 44.0 Å². The van der Waals surface area contributed by atoms with Crippen LogP contribution in [0, 0.1) is 11.8 Å². The zero-order valence-corrected chi connectivity index (χ0v) is 18.0. The highest BCUT2D eigenvalue weighted by Crippen LogP contribution is 2.30. The second kappa shape index (κ2) is 9.91. The number of nitrogens with one attached hydrogen (secondary N) is 2. The van der Waals surface area contributed by atoms with Gasteiger partial charge in [0, 0.05) is 6.04 Å². The molecule has 0 aliphatic heterocycles. The topological polar surface area (TPSA) is 102 Å². The molecule has 0 unspecified atom stereocenters. The largest absolute Gasteiger partial charge is 0.455 e. The van der Waals surface area contributed by atoms with E-state index in [2.05, 4.69) is 23.9 Å². The molecule has 3 atom stereocenters. The van der Waals surface area contributed by atoms with Crippen LogP contribution in [0.15, 0.2) is 23.1 Å². The Bertz CT molecular complexity index is 811. The van der Waals surface area contributed by atoms with Gasteiger partial charge in [0.25, 0.3) is 5.91 Å². The van der Waals surface area contributed by atoms with Crippen LogP contribution in [-0.2, 0) is 24.3 Å². The van der Waals surface area contributed by atoms with Gasteiger partial charge in [-0.3, -0.25) is 9.59 Å². The number of hydrogen-bond acceptors (Lipinski definition) is 5. The number of sulfonamides is 1. The molecule has 1 amide bonds. The smallest absolute Gasteiger partial charge is 0.321 e.